The van der Waals surface area contributed by atoms with Crippen LogP contribution in [0.5, 0.6) is 0 Å². The lowest BCUT2D eigenvalue weighted by molar-refractivity contribution is -0.403. The summed E-state index contributed by atoms with van der Waals surface area (Å²) >= 11 is 2.82. The van der Waals surface area contributed by atoms with E-state index in [1.165, 1.54) is 0 Å². The summed E-state index contributed by atoms with van der Waals surface area (Å²) in [5, 5.41) is 9.92. The average molecular weight is 193 g/mol. The monoisotopic (exact) mass is 192 g/mol. The molecule has 0 saturated heterocycles. The number of halogens is 1. The maximum atomic E-state index is 9.92. The molecule has 1 rings (SSSR count). The van der Waals surface area contributed by atoms with Gasteiger partial charge in [0.05, 0.1) is 0 Å². The lowest BCUT2D eigenvalue weighted by Gasteiger charge is -1.78. The van der Waals surface area contributed by atoms with E-state index in [4.69, 9.17) is 0 Å². The first-order valence-corrected chi connectivity index (χ1v) is 2.74. The lowest BCUT2D eigenvalue weighted by atomic mass is 10.8. The van der Waals surface area contributed by atoms with Crippen LogP contribution in [0.2, 0.25) is 0 Å². The molecule has 0 fully saturated rings. The molecule has 0 bridgehead atoms. The summed E-state index contributed by atoms with van der Waals surface area (Å²) < 4.78 is 4.49. The first-order chi connectivity index (χ1) is 4.22. The smallest absolute Gasteiger partial charge is 0.387 e. The highest BCUT2D eigenvalue weighted by Crippen LogP contribution is 2.21. The average Bonchev–Trinajstić information content (AvgIpc) is 2.13. The molecule has 0 saturated carbocycles. The summed E-state index contributed by atoms with van der Waals surface area (Å²) in [5.74, 6) is -0.366. The largest absolute Gasteiger partial charge is 0.467 e. The van der Waals surface area contributed by atoms with Gasteiger partial charge in [-0.05, 0) is 15.9 Å². The molecule has 0 spiro atoms. The summed E-state index contributed by atoms with van der Waals surface area (Å²) in [6.07, 6.45) is 1.00. The van der Waals surface area contributed by atoms with Gasteiger partial charge in [0.25, 0.3) is 0 Å². The number of rotatable bonds is 1. The van der Waals surface area contributed by atoms with E-state index < -0.39 is 4.92 Å². The third kappa shape index (κ3) is 1.07. The highest BCUT2D eigenvalue weighted by atomic mass is 79.9. The Morgan fingerprint density at radius 3 is 2.78 bits per heavy atom. The number of aromatic nitrogens is 1. The molecule has 1 aromatic heterocycles. The lowest BCUT2D eigenvalue weighted by Crippen LogP contribution is -1.84. The van der Waals surface area contributed by atoms with E-state index in [1.807, 2.05) is 0 Å². The minimum absolute atomic E-state index is 0.118. The van der Waals surface area contributed by atoms with Crippen molar-refractivity contribution in [2.24, 2.45) is 0 Å². The van der Waals surface area contributed by atoms with Gasteiger partial charge in [-0.15, -0.1) is 0 Å². The normalized spacial score (nSPS) is 9.44. The molecular weight excluding hydrogens is 192 g/mol. The minimum Gasteiger partial charge on any atom is -0.387 e. The molecule has 0 N–H and O–H groups in total. The van der Waals surface area contributed by atoms with Crippen LogP contribution in [0.15, 0.2) is 15.4 Å². The van der Waals surface area contributed by atoms with Crippen molar-refractivity contribution >= 4 is 21.8 Å². The number of nitro groups is 1. The van der Waals surface area contributed by atoms with Crippen LogP contribution in [0, 0.1) is 10.1 Å². The SMILES string of the molecule is O=[N+]([O-])c1ocnc1Br. The highest BCUT2D eigenvalue weighted by molar-refractivity contribution is 9.10. The zero-order chi connectivity index (χ0) is 6.85. The van der Waals surface area contributed by atoms with Crippen LogP contribution in [0.1, 0.15) is 0 Å². The van der Waals surface area contributed by atoms with E-state index in [-0.39, 0.29) is 10.5 Å². The second kappa shape index (κ2) is 2.14. The van der Waals surface area contributed by atoms with Crippen molar-refractivity contribution in [1.29, 1.82) is 0 Å². The summed E-state index contributed by atoms with van der Waals surface area (Å²) in [6, 6.07) is 0. The van der Waals surface area contributed by atoms with E-state index in [0.29, 0.717) is 0 Å². The van der Waals surface area contributed by atoms with E-state index >= 15 is 0 Å². The maximum Gasteiger partial charge on any atom is 0.467 e. The van der Waals surface area contributed by atoms with Gasteiger partial charge in [0.1, 0.15) is 4.92 Å². The molecular formula is C3HBrN2O3. The second-order valence-corrected chi connectivity index (χ2v) is 1.96. The van der Waals surface area contributed by atoms with Crippen LogP contribution in [-0.2, 0) is 0 Å². The molecule has 0 aliphatic carbocycles. The fourth-order valence-electron chi connectivity index (χ4n) is 0.345. The highest BCUT2D eigenvalue weighted by Gasteiger charge is 2.16. The molecule has 0 unspecified atom stereocenters. The molecule has 0 aromatic carbocycles. The zero-order valence-electron chi connectivity index (χ0n) is 4.07. The van der Waals surface area contributed by atoms with Crippen molar-refractivity contribution < 1.29 is 9.34 Å². The summed E-state index contributed by atoms with van der Waals surface area (Å²) in [7, 11) is 0. The Hall–Kier alpha value is -0.910. The number of hydrogen-bond acceptors (Lipinski definition) is 4. The molecule has 0 atom stereocenters. The number of hydrogen-bond donors (Lipinski definition) is 0. The Morgan fingerprint density at radius 2 is 2.56 bits per heavy atom. The van der Waals surface area contributed by atoms with E-state index in [0.717, 1.165) is 6.39 Å². The van der Waals surface area contributed by atoms with Crippen LogP contribution in [0.3, 0.4) is 0 Å². The molecule has 1 heterocycles. The van der Waals surface area contributed by atoms with Gasteiger partial charge in [-0.2, -0.15) is 0 Å². The van der Waals surface area contributed by atoms with Gasteiger partial charge < -0.3 is 4.42 Å². The zero-order valence-corrected chi connectivity index (χ0v) is 5.66. The quantitative estimate of drug-likeness (QED) is 0.498. The molecule has 5 nitrogen and oxygen atoms in total. The van der Waals surface area contributed by atoms with Gasteiger partial charge in [-0.1, -0.05) is 0 Å². The van der Waals surface area contributed by atoms with Crippen LogP contribution in [0.25, 0.3) is 0 Å². The molecule has 6 heteroatoms. The Kier molecular flexibility index (Phi) is 1.48. The van der Waals surface area contributed by atoms with Crippen molar-refractivity contribution in [1.82, 2.24) is 4.98 Å². The van der Waals surface area contributed by atoms with Crippen LogP contribution in [-0.4, -0.2) is 9.91 Å². The Labute approximate surface area is 58.0 Å². The van der Waals surface area contributed by atoms with Crippen molar-refractivity contribution in [3.05, 3.63) is 21.1 Å². The summed E-state index contributed by atoms with van der Waals surface area (Å²) in [4.78, 5) is 12.7. The third-order valence-electron chi connectivity index (χ3n) is 0.673. The van der Waals surface area contributed by atoms with Crippen LogP contribution in [0.4, 0.5) is 5.88 Å². The van der Waals surface area contributed by atoms with Gasteiger partial charge in [0.15, 0.2) is 6.39 Å². The van der Waals surface area contributed by atoms with Crippen molar-refractivity contribution in [2.45, 2.75) is 0 Å². The summed E-state index contributed by atoms with van der Waals surface area (Å²) in [5.41, 5.74) is 0. The Balaban J connectivity index is 3.08. The fraction of sp³-hybridized carbons (Fsp3) is 0. The molecule has 0 amide bonds. The first kappa shape index (κ1) is 6.21. The van der Waals surface area contributed by atoms with E-state index in [1.54, 1.807) is 0 Å². The number of nitrogens with zero attached hydrogens (tertiary/aromatic N) is 2. The predicted molar refractivity (Wildman–Crippen MR) is 30.9 cm³/mol. The van der Waals surface area contributed by atoms with Gasteiger partial charge in [-0.3, -0.25) is 10.1 Å². The van der Waals surface area contributed by atoms with Crippen LogP contribution >= 0.6 is 15.9 Å². The fourth-order valence-corrected chi connectivity index (χ4v) is 0.667. The molecule has 0 aliphatic heterocycles. The predicted octanol–water partition coefficient (Wildman–Crippen LogP) is 1.35. The van der Waals surface area contributed by atoms with E-state index in [9.17, 15) is 10.1 Å². The van der Waals surface area contributed by atoms with Gasteiger partial charge in [-0.25, -0.2) is 4.98 Å². The standard InChI is InChI=1S/C3HBrN2O3/c4-2-3(6(7)8)9-1-5-2/h1H. The maximum absolute atomic E-state index is 9.92. The van der Waals surface area contributed by atoms with Gasteiger partial charge in [0.2, 0.25) is 4.60 Å². The first-order valence-electron chi connectivity index (χ1n) is 1.95. The van der Waals surface area contributed by atoms with Gasteiger partial charge in [0, 0.05) is 0 Å². The van der Waals surface area contributed by atoms with Gasteiger partial charge >= 0.3 is 5.88 Å². The van der Waals surface area contributed by atoms with E-state index in [2.05, 4.69) is 25.3 Å². The molecule has 0 radical (unpaired) electrons. The molecule has 1 aromatic rings. The van der Waals surface area contributed by atoms with Crippen molar-refractivity contribution in [2.75, 3.05) is 0 Å². The minimum atomic E-state index is -0.656. The third-order valence-corrected chi connectivity index (χ3v) is 1.22. The molecule has 48 valence electrons. The molecule has 0 aliphatic rings. The number of oxazole rings is 1. The molecule has 9 heavy (non-hydrogen) atoms. The second-order valence-electron chi connectivity index (χ2n) is 1.21. The topological polar surface area (TPSA) is 69.2 Å². The van der Waals surface area contributed by atoms with Crippen molar-refractivity contribution in [3.63, 3.8) is 0 Å². The Morgan fingerprint density at radius 1 is 1.89 bits per heavy atom. The van der Waals surface area contributed by atoms with Crippen LogP contribution < -0.4 is 0 Å². The van der Waals surface area contributed by atoms with Crippen molar-refractivity contribution in [3.8, 4) is 0 Å². The summed E-state index contributed by atoms with van der Waals surface area (Å²) in [6.45, 7) is 0. The Bertz CT molecular complexity index is 233.